The Morgan fingerprint density at radius 1 is 1.03 bits per heavy atom. The van der Waals surface area contributed by atoms with E-state index in [4.69, 9.17) is 14.2 Å². The van der Waals surface area contributed by atoms with Crippen molar-refractivity contribution < 1.29 is 19.0 Å². The maximum absolute atomic E-state index is 12.8. The molecule has 158 valence electrons. The van der Waals surface area contributed by atoms with Crippen molar-refractivity contribution in [1.29, 1.82) is 0 Å². The van der Waals surface area contributed by atoms with E-state index in [0.29, 0.717) is 54.2 Å². The third-order valence-electron chi connectivity index (χ3n) is 4.56. The molecule has 8 nitrogen and oxygen atoms in total. The number of rotatable bonds is 5. The van der Waals surface area contributed by atoms with Crippen LogP contribution in [0.2, 0.25) is 0 Å². The second-order valence-corrected chi connectivity index (χ2v) is 6.69. The van der Waals surface area contributed by atoms with E-state index in [1.165, 1.54) is 0 Å². The van der Waals surface area contributed by atoms with Crippen LogP contribution in [0.3, 0.4) is 0 Å². The summed E-state index contributed by atoms with van der Waals surface area (Å²) in [4.78, 5) is 21.3. The highest BCUT2D eigenvalue weighted by Gasteiger charge is 2.14. The van der Waals surface area contributed by atoms with Gasteiger partial charge in [-0.1, -0.05) is 0 Å². The van der Waals surface area contributed by atoms with Crippen LogP contribution in [0.5, 0.6) is 17.2 Å². The standard InChI is InChI=1S/C23H22N4O4/c1-29-19-5-2-17(3-6-19)22(28)27-23(25-15-16-8-10-24-11-9-16)26-18-4-7-20-21(14-18)31-13-12-30-20/h2-11,14H,12-13,15H2,1H3,(H2,25,26,27,28). The number of hydrogen-bond donors (Lipinski definition) is 2. The molecule has 1 aromatic heterocycles. The van der Waals surface area contributed by atoms with Crippen LogP contribution in [-0.4, -0.2) is 37.2 Å². The van der Waals surface area contributed by atoms with Crippen LogP contribution in [0.4, 0.5) is 5.69 Å². The van der Waals surface area contributed by atoms with Gasteiger partial charge in [-0.3, -0.25) is 15.1 Å². The molecule has 0 saturated carbocycles. The number of hydrogen-bond acceptors (Lipinski definition) is 6. The van der Waals surface area contributed by atoms with Gasteiger partial charge >= 0.3 is 0 Å². The highest BCUT2D eigenvalue weighted by Crippen LogP contribution is 2.32. The number of guanidine groups is 1. The molecule has 2 heterocycles. The summed E-state index contributed by atoms with van der Waals surface area (Å²) in [7, 11) is 1.58. The van der Waals surface area contributed by atoms with Crippen molar-refractivity contribution in [1.82, 2.24) is 10.3 Å². The Balaban J connectivity index is 1.54. The zero-order chi connectivity index (χ0) is 21.5. The second kappa shape index (κ2) is 9.62. The lowest BCUT2D eigenvalue weighted by Crippen LogP contribution is -2.36. The smallest absolute Gasteiger partial charge is 0.257 e. The third-order valence-corrected chi connectivity index (χ3v) is 4.56. The van der Waals surface area contributed by atoms with Crippen molar-refractivity contribution in [2.75, 3.05) is 25.6 Å². The average Bonchev–Trinajstić information content (AvgIpc) is 2.83. The van der Waals surface area contributed by atoms with Crippen LogP contribution in [0, 0.1) is 0 Å². The van der Waals surface area contributed by atoms with Crippen molar-refractivity contribution in [2.45, 2.75) is 6.54 Å². The van der Waals surface area contributed by atoms with Crippen LogP contribution in [-0.2, 0) is 6.54 Å². The Morgan fingerprint density at radius 3 is 2.52 bits per heavy atom. The first kappa shape index (κ1) is 20.2. The number of nitrogens with zero attached hydrogens (tertiary/aromatic N) is 2. The molecular weight excluding hydrogens is 396 g/mol. The second-order valence-electron chi connectivity index (χ2n) is 6.69. The fourth-order valence-electron chi connectivity index (χ4n) is 2.95. The predicted molar refractivity (Wildman–Crippen MR) is 117 cm³/mol. The van der Waals surface area contributed by atoms with Gasteiger partial charge in [0, 0.05) is 29.7 Å². The Morgan fingerprint density at radius 2 is 1.77 bits per heavy atom. The molecule has 0 saturated heterocycles. The van der Waals surface area contributed by atoms with E-state index in [9.17, 15) is 4.79 Å². The normalized spacial score (nSPS) is 12.7. The number of aliphatic imine (C=N–C) groups is 1. The number of methoxy groups -OCH3 is 1. The molecule has 0 fully saturated rings. The number of ether oxygens (including phenoxy) is 3. The van der Waals surface area contributed by atoms with Gasteiger partial charge in [0.05, 0.1) is 13.7 Å². The van der Waals surface area contributed by atoms with Gasteiger partial charge in [0.1, 0.15) is 19.0 Å². The molecule has 1 aliphatic heterocycles. The minimum Gasteiger partial charge on any atom is -0.497 e. The largest absolute Gasteiger partial charge is 0.497 e. The van der Waals surface area contributed by atoms with Crippen molar-refractivity contribution >= 4 is 17.6 Å². The SMILES string of the molecule is COc1ccc(C(=O)NC(=NCc2ccncc2)Nc2ccc3c(c2)OCCO3)cc1. The highest BCUT2D eigenvalue weighted by molar-refractivity contribution is 6.10. The number of fused-ring (bicyclic) bond motifs is 1. The lowest BCUT2D eigenvalue weighted by atomic mass is 10.2. The van der Waals surface area contributed by atoms with E-state index < -0.39 is 0 Å². The first-order valence-electron chi connectivity index (χ1n) is 9.77. The van der Waals surface area contributed by atoms with Crippen LogP contribution in [0.25, 0.3) is 0 Å². The third kappa shape index (κ3) is 5.30. The van der Waals surface area contributed by atoms with Crippen molar-refractivity contribution in [3.63, 3.8) is 0 Å². The molecule has 0 unspecified atom stereocenters. The summed E-state index contributed by atoms with van der Waals surface area (Å²) in [6, 6.07) is 16.1. The van der Waals surface area contributed by atoms with E-state index in [1.54, 1.807) is 43.8 Å². The van der Waals surface area contributed by atoms with E-state index in [-0.39, 0.29) is 5.91 Å². The van der Waals surface area contributed by atoms with Crippen LogP contribution >= 0.6 is 0 Å². The zero-order valence-electron chi connectivity index (χ0n) is 17.0. The van der Waals surface area contributed by atoms with Crippen molar-refractivity contribution in [3.8, 4) is 17.2 Å². The fraction of sp³-hybridized carbons (Fsp3) is 0.174. The first-order valence-corrected chi connectivity index (χ1v) is 9.77. The Kier molecular flexibility index (Phi) is 6.27. The fourth-order valence-corrected chi connectivity index (χ4v) is 2.95. The van der Waals surface area contributed by atoms with Gasteiger partial charge in [-0.2, -0.15) is 0 Å². The van der Waals surface area contributed by atoms with Gasteiger partial charge in [-0.15, -0.1) is 0 Å². The number of aromatic nitrogens is 1. The van der Waals surface area contributed by atoms with Gasteiger partial charge in [0.15, 0.2) is 11.5 Å². The Bertz CT molecular complexity index is 1070. The first-order chi connectivity index (χ1) is 15.2. The van der Waals surface area contributed by atoms with Gasteiger partial charge < -0.3 is 19.5 Å². The molecular formula is C23H22N4O4. The van der Waals surface area contributed by atoms with E-state index in [1.807, 2.05) is 30.3 Å². The quantitative estimate of drug-likeness (QED) is 0.488. The monoisotopic (exact) mass is 418 g/mol. The molecule has 0 bridgehead atoms. The molecule has 8 heteroatoms. The molecule has 4 rings (SSSR count). The van der Waals surface area contributed by atoms with E-state index in [2.05, 4.69) is 20.6 Å². The van der Waals surface area contributed by atoms with Crippen LogP contribution in [0.15, 0.2) is 72.0 Å². The predicted octanol–water partition coefficient (Wildman–Crippen LogP) is 3.26. The molecule has 1 amide bonds. The molecule has 0 spiro atoms. The number of pyridine rings is 1. The number of nitrogens with one attached hydrogen (secondary N) is 2. The molecule has 2 N–H and O–H groups in total. The summed E-state index contributed by atoms with van der Waals surface area (Å²) in [6.07, 6.45) is 3.41. The summed E-state index contributed by atoms with van der Waals surface area (Å²) in [5.41, 5.74) is 2.17. The average molecular weight is 418 g/mol. The molecule has 3 aromatic rings. The summed E-state index contributed by atoms with van der Waals surface area (Å²) in [5, 5.41) is 6.01. The topological polar surface area (TPSA) is 94.1 Å². The summed E-state index contributed by atoms with van der Waals surface area (Å²) < 4.78 is 16.3. The number of carbonyl (C=O) groups is 1. The van der Waals surface area contributed by atoms with E-state index in [0.717, 1.165) is 5.56 Å². The maximum Gasteiger partial charge on any atom is 0.257 e. The molecule has 0 aliphatic carbocycles. The minimum absolute atomic E-state index is 0.291. The minimum atomic E-state index is -0.291. The van der Waals surface area contributed by atoms with Crippen LogP contribution in [0.1, 0.15) is 15.9 Å². The number of amides is 1. The summed E-state index contributed by atoms with van der Waals surface area (Å²) in [6.45, 7) is 1.39. The van der Waals surface area contributed by atoms with Gasteiger partial charge in [-0.05, 0) is 54.1 Å². The van der Waals surface area contributed by atoms with E-state index >= 15 is 0 Å². The Labute approximate surface area is 179 Å². The summed E-state index contributed by atoms with van der Waals surface area (Å²) >= 11 is 0. The zero-order valence-corrected chi connectivity index (χ0v) is 17.0. The lowest BCUT2D eigenvalue weighted by Gasteiger charge is -2.19. The number of anilines is 1. The molecule has 0 radical (unpaired) electrons. The molecule has 0 atom stereocenters. The lowest BCUT2D eigenvalue weighted by molar-refractivity contribution is 0.0977. The maximum atomic E-state index is 12.8. The molecule has 2 aromatic carbocycles. The highest BCUT2D eigenvalue weighted by atomic mass is 16.6. The molecule has 31 heavy (non-hydrogen) atoms. The van der Waals surface area contributed by atoms with Gasteiger partial charge in [0.25, 0.3) is 5.91 Å². The van der Waals surface area contributed by atoms with Crippen molar-refractivity contribution in [2.24, 2.45) is 4.99 Å². The number of carbonyl (C=O) groups excluding carboxylic acids is 1. The molecule has 1 aliphatic rings. The van der Waals surface area contributed by atoms with Crippen molar-refractivity contribution in [3.05, 3.63) is 78.1 Å². The van der Waals surface area contributed by atoms with Crippen LogP contribution < -0.4 is 24.8 Å². The number of benzene rings is 2. The Hall–Kier alpha value is -4.07. The van der Waals surface area contributed by atoms with Gasteiger partial charge in [-0.25, -0.2) is 4.99 Å². The summed E-state index contributed by atoms with van der Waals surface area (Å²) in [5.74, 6) is 2.04. The van der Waals surface area contributed by atoms with Gasteiger partial charge in [0.2, 0.25) is 5.96 Å².